The molecule has 0 aliphatic heterocycles. The summed E-state index contributed by atoms with van der Waals surface area (Å²) in [4.78, 5) is 0. The molecule has 0 aliphatic carbocycles. The topological polar surface area (TPSA) is 0 Å². The van der Waals surface area contributed by atoms with Crippen LogP contribution in [0.25, 0.3) is 11.1 Å². The summed E-state index contributed by atoms with van der Waals surface area (Å²) >= 11 is 0. The molecule has 1 radical (unpaired) electrons. The highest BCUT2D eigenvalue weighted by Crippen LogP contribution is 2.23. The SMILES string of the molecule is [CH2]CCc1cc(-c2ccc(CCC=C)cc2)ccc1F. The van der Waals surface area contributed by atoms with Crippen LogP contribution in [-0.4, -0.2) is 0 Å². The maximum Gasteiger partial charge on any atom is 0.126 e. The molecular weight excluding hydrogens is 247 g/mol. The van der Waals surface area contributed by atoms with Crippen molar-refractivity contribution >= 4 is 0 Å². The predicted molar refractivity (Wildman–Crippen MR) is 84.0 cm³/mol. The van der Waals surface area contributed by atoms with Crippen LogP contribution in [-0.2, 0) is 12.8 Å². The number of hydrogen-bond donors (Lipinski definition) is 0. The molecule has 0 nitrogen and oxygen atoms in total. The molecule has 0 N–H and O–H groups in total. The second-order valence-electron chi connectivity index (χ2n) is 4.93. The third-order valence-corrected chi connectivity index (χ3v) is 3.42. The van der Waals surface area contributed by atoms with Gasteiger partial charge in [-0.15, -0.1) is 6.58 Å². The molecule has 0 aliphatic rings. The van der Waals surface area contributed by atoms with E-state index in [9.17, 15) is 4.39 Å². The Morgan fingerprint density at radius 1 is 0.950 bits per heavy atom. The fraction of sp³-hybridized carbons (Fsp3) is 0.211. The number of aryl methyl sites for hydroxylation is 2. The zero-order chi connectivity index (χ0) is 14.4. The van der Waals surface area contributed by atoms with Crippen LogP contribution in [0.3, 0.4) is 0 Å². The van der Waals surface area contributed by atoms with Gasteiger partial charge in [-0.1, -0.05) is 43.3 Å². The smallest absolute Gasteiger partial charge is 0.126 e. The number of benzene rings is 2. The minimum Gasteiger partial charge on any atom is -0.207 e. The average molecular weight is 267 g/mol. The molecule has 0 amide bonds. The lowest BCUT2D eigenvalue weighted by atomic mass is 9.99. The summed E-state index contributed by atoms with van der Waals surface area (Å²) in [5.74, 6) is -0.139. The maximum atomic E-state index is 13.6. The van der Waals surface area contributed by atoms with Crippen LogP contribution in [0.5, 0.6) is 0 Å². The van der Waals surface area contributed by atoms with Crippen molar-refractivity contribution in [2.75, 3.05) is 0 Å². The molecule has 0 fully saturated rings. The van der Waals surface area contributed by atoms with Gasteiger partial charge < -0.3 is 0 Å². The predicted octanol–water partition coefficient (Wildman–Crippen LogP) is 5.38. The van der Waals surface area contributed by atoms with Crippen LogP contribution in [0, 0.1) is 12.7 Å². The molecule has 1 heteroatoms. The van der Waals surface area contributed by atoms with Crippen LogP contribution in [0.2, 0.25) is 0 Å². The lowest BCUT2D eigenvalue weighted by Crippen LogP contribution is -1.91. The molecule has 0 saturated heterocycles. The lowest BCUT2D eigenvalue weighted by molar-refractivity contribution is 0.609. The number of allylic oxidation sites excluding steroid dienone is 1. The van der Waals surface area contributed by atoms with Crippen LogP contribution < -0.4 is 0 Å². The van der Waals surface area contributed by atoms with Gasteiger partial charge in [0.15, 0.2) is 0 Å². The van der Waals surface area contributed by atoms with Crippen molar-refractivity contribution in [3.8, 4) is 11.1 Å². The molecule has 2 aromatic rings. The zero-order valence-corrected chi connectivity index (χ0v) is 11.7. The lowest BCUT2D eigenvalue weighted by Gasteiger charge is -2.07. The van der Waals surface area contributed by atoms with E-state index in [-0.39, 0.29) is 5.82 Å². The van der Waals surface area contributed by atoms with Crippen molar-refractivity contribution < 1.29 is 4.39 Å². The Kier molecular flexibility index (Phi) is 5.11. The summed E-state index contributed by atoms with van der Waals surface area (Å²) in [5, 5.41) is 0. The van der Waals surface area contributed by atoms with Crippen molar-refractivity contribution in [1.29, 1.82) is 0 Å². The van der Waals surface area contributed by atoms with E-state index in [2.05, 4.69) is 37.8 Å². The molecule has 2 aromatic carbocycles. The van der Waals surface area contributed by atoms with E-state index in [4.69, 9.17) is 0 Å². The van der Waals surface area contributed by atoms with E-state index >= 15 is 0 Å². The summed E-state index contributed by atoms with van der Waals surface area (Å²) < 4.78 is 13.6. The van der Waals surface area contributed by atoms with Crippen molar-refractivity contribution in [1.82, 2.24) is 0 Å². The first kappa shape index (κ1) is 14.5. The highest BCUT2D eigenvalue weighted by Gasteiger charge is 2.04. The fourth-order valence-electron chi connectivity index (χ4n) is 2.27. The van der Waals surface area contributed by atoms with Crippen molar-refractivity contribution in [2.24, 2.45) is 0 Å². The Morgan fingerprint density at radius 2 is 1.65 bits per heavy atom. The van der Waals surface area contributed by atoms with Crippen LogP contribution in [0.15, 0.2) is 55.1 Å². The molecule has 103 valence electrons. The van der Waals surface area contributed by atoms with E-state index in [1.165, 1.54) is 5.56 Å². The first-order chi connectivity index (χ1) is 9.74. The number of hydrogen-bond acceptors (Lipinski definition) is 0. The van der Waals surface area contributed by atoms with Crippen molar-refractivity contribution in [2.45, 2.75) is 25.7 Å². The van der Waals surface area contributed by atoms with Crippen LogP contribution in [0.1, 0.15) is 24.0 Å². The standard InChI is InChI=1S/C19H20F/c1-3-5-7-15-8-10-16(11-9-15)17-12-13-19(20)18(14-17)6-4-2/h3,8-14H,1-2,4-7H2. The number of halogens is 1. The van der Waals surface area contributed by atoms with E-state index in [1.807, 2.05) is 18.2 Å². The maximum absolute atomic E-state index is 13.6. The molecule has 2 rings (SSSR count). The molecule has 0 spiro atoms. The van der Waals surface area contributed by atoms with Gasteiger partial charge in [-0.3, -0.25) is 0 Å². The molecule has 0 bridgehead atoms. The second kappa shape index (κ2) is 7.04. The summed E-state index contributed by atoms with van der Waals surface area (Å²) in [6.07, 6.45) is 5.32. The fourth-order valence-corrected chi connectivity index (χ4v) is 2.27. The van der Waals surface area contributed by atoms with Crippen molar-refractivity contribution in [3.05, 3.63) is 79.0 Å². The van der Waals surface area contributed by atoms with E-state index in [1.54, 1.807) is 6.07 Å². The minimum absolute atomic E-state index is 0.139. The normalized spacial score (nSPS) is 10.5. The zero-order valence-electron chi connectivity index (χ0n) is 11.7. The molecule has 0 saturated carbocycles. The molecule has 20 heavy (non-hydrogen) atoms. The Bertz CT molecular complexity index is 567. The highest BCUT2D eigenvalue weighted by molar-refractivity contribution is 5.64. The third kappa shape index (κ3) is 3.57. The van der Waals surface area contributed by atoms with Gasteiger partial charge in [0.2, 0.25) is 0 Å². The summed E-state index contributed by atoms with van der Waals surface area (Å²) in [7, 11) is 0. The van der Waals surface area contributed by atoms with Gasteiger partial charge in [0, 0.05) is 0 Å². The molecule has 0 unspecified atom stereocenters. The van der Waals surface area contributed by atoms with Gasteiger partial charge in [0.05, 0.1) is 0 Å². The van der Waals surface area contributed by atoms with Gasteiger partial charge in [-0.05, 0) is 60.1 Å². The highest BCUT2D eigenvalue weighted by atomic mass is 19.1. The van der Waals surface area contributed by atoms with Crippen LogP contribution >= 0.6 is 0 Å². The van der Waals surface area contributed by atoms with Crippen molar-refractivity contribution in [3.63, 3.8) is 0 Å². The second-order valence-corrected chi connectivity index (χ2v) is 4.93. The molecule has 0 atom stereocenters. The van der Waals surface area contributed by atoms with Gasteiger partial charge in [-0.25, -0.2) is 4.39 Å². The molecule has 0 heterocycles. The summed E-state index contributed by atoms with van der Waals surface area (Å²) in [6.45, 7) is 7.53. The van der Waals surface area contributed by atoms with Gasteiger partial charge in [0.1, 0.15) is 5.82 Å². The first-order valence-electron chi connectivity index (χ1n) is 7.02. The Labute approximate surface area is 121 Å². The molecular formula is C19H20F. The quantitative estimate of drug-likeness (QED) is 0.616. The van der Waals surface area contributed by atoms with Gasteiger partial charge in [-0.2, -0.15) is 0 Å². The van der Waals surface area contributed by atoms with E-state index in [0.29, 0.717) is 12.8 Å². The average Bonchev–Trinajstić information content (AvgIpc) is 2.48. The largest absolute Gasteiger partial charge is 0.207 e. The number of rotatable bonds is 6. The summed E-state index contributed by atoms with van der Waals surface area (Å²) in [5.41, 5.74) is 4.23. The third-order valence-electron chi connectivity index (χ3n) is 3.42. The summed E-state index contributed by atoms with van der Waals surface area (Å²) in [6, 6.07) is 13.8. The molecule has 0 aromatic heterocycles. The van der Waals surface area contributed by atoms with E-state index in [0.717, 1.165) is 29.5 Å². The Morgan fingerprint density at radius 3 is 2.30 bits per heavy atom. The Balaban J connectivity index is 2.22. The van der Waals surface area contributed by atoms with Gasteiger partial charge >= 0.3 is 0 Å². The van der Waals surface area contributed by atoms with Crippen LogP contribution in [0.4, 0.5) is 4.39 Å². The van der Waals surface area contributed by atoms with Gasteiger partial charge in [0.25, 0.3) is 0 Å². The Hall–Kier alpha value is -1.89. The van der Waals surface area contributed by atoms with E-state index < -0.39 is 0 Å². The first-order valence-corrected chi connectivity index (χ1v) is 7.02. The monoisotopic (exact) mass is 267 g/mol. The minimum atomic E-state index is -0.139.